The summed E-state index contributed by atoms with van der Waals surface area (Å²) in [5.74, 6) is -1.43. The molecule has 0 saturated carbocycles. The molecule has 0 N–H and O–H groups in total. The number of benzene rings is 2. The summed E-state index contributed by atoms with van der Waals surface area (Å²) in [6, 6.07) is 10.3. The molecule has 2 aromatic carbocycles. The zero-order chi connectivity index (χ0) is 28.3. The van der Waals surface area contributed by atoms with Gasteiger partial charge in [0, 0.05) is 0 Å². The second kappa shape index (κ2) is 19.2. The van der Waals surface area contributed by atoms with E-state index in [-0.39, 0.29) is 29.4 Å². The second-order valence-corrected chi connectivity index (χ2v) is 10.4. The highest BCUT2D eigenvalue weighted by Crippen LogP contribution is 2.22. The minimum Gasteiger partial charge on any atom is -0.494 e. The van der Waals surface area contributed by atoms with Gasteiger partial charge in [0.1, 0.15) is 5.75 Å². The van der Waals surface area contributed by atoms with Crippen LogP contribution in [0, 0.1) is 11.7 Å². The summed E-state index contributed by atoms with van der Waals surface area (Å²) >= 11 is 0. The number of carbonyl (C=O) groups excluding carboxylic acids is 2. The van der Waals surface area contributed by atoms with Gasteiger partial charge in [0.05, 0.1) is 24.3 Å². The summed E-state index contributed by atoms with van der Waals surface area (Å²) in [4.78, 5) is 24.6. The van der Waals surface area contributed by atoms with Crippen LogP contribution in [0.2, 0.25) is 0 Å². The molecule has 2 aromatic rings. The molecule has 0 fully saturated rings. The number of esters is 2. The van der Waals surface area contributed by atoms with Gasteiger partial charge in [-0.05, 0) is 54.8 Å². The van der Waals surface area contributed by atoms with Crippen molar-refractivity contribution in [3.63, 3.8) is 0 Å². The van der Waals surface area contributed by atoms with E-state index in [1.807, 2.05) is 13.8 Å². The van der Waals surface area contributed by atoms with Crippen molar-refractivity contribution >= 4 is 11.9 Å². The first kappa shape index (κ1) is 32.3. The van der Waals surface area contributed by atoms with E-state index >= 15 is 0 Å². The number of hydrogen-bond acceptors (Lipinski definition) is 5. The lowest BCUT2D eigenvalue weighted by Crippen LogP contribution is -2.13. The Balaban J connectivity index is 1.64. The SMILES string of the molecule is CCCCCCCCCCCCCCOc1ccc(C(=O)Oc2ccc(C(=O)OCC(C)CC)cc2F)cc1. The van der Waals surface area contributed by atoms with E-state index in [0.29, 0.717) is 12.4 Å². The van der Waals surface area contributed by atoms with Gasteiger partial charge >= 0.3 is 11.9 Å². The largest absolute Gasteiger partial charge is 0.494 e. The molecule has 2 rings (SSSR count). The van der Waals surface area contributed by atoms with Crippen LogP contribution in [0.4, 0.5) is 4.39 Å². The average Bonchev–Trinajstić information content (AvgIpc) is 2.95. The zero-order valence-corrected chi connectivity index (χ0v) is 24.1. The minimum atomic E-state index is -0.802. The molecule has 0 aromatic heterocycles. The molecule has 0 aliphatic heterocycles. The third-order valence-electron chi connectivity index (χ3n) is 6.92. The molecule has 0 spiro atoms. The molecular weight excluding hydrogens is 495 g/mol. The predicted molar refractivity (Wildman–Crippen MR) is 154 cm³/mol. The fourth-order valence-electron chi connectivity index (χ4n) is 4.11. The Kier molecular flexibility index (Phi) is 15.9. The topological polar surface area (TPSA) is 61.8 Å². The average molecular weight is 543 g/mol. The quantitative estimate of drug-likeness (QED) is 0.0947. The van der Waals surface area contributed by atoms with Crippen LogP contribution < -0.4 is 9.47 Å². The van der Waals surface area contributed by atoms with Crippen LogP contribution in [0.25, 0.3) is 0 Å². The Morgan fingerprint density at radius 2 is 1.31 bits per heavy atom. The molecule has 216 valence electrons. The number of unbranched alkanes of at least 4 members (excludes halogenated alkanes) is 11. The first-order valence-electron chi connectivity index (χ1n) is 14.9. The van der Waals surface area contributed by atoms with Gasteiger partial charge in [0.2, 0.25) is 0 Å². The van der Waals surface area contributed by atoms with Gasteiger partial charge in [-0.3, -0.25) is 0 Å². The fraction of sp³-hybridized carbons (Fsp3) is 0.576. The van der Waals surface area contributed by atoms with Gasteiger partial charge in [0.15, 0.2) is 11.6 Å². The Hall–Kier alpha value is -2.89. The van der Waals surface area contributed by atoms with Gasteiger partial charge in [-0.2, -0.15) is 0 Å². The Morgan fingerprint density at radius 3 is 1.87 bits per heavy atom. The molecule has 0 amide bonds. The van der Waals surface area contributed by atoms with E-state index in [4.69, 9.17) is 14.2 Å². The third-order valence-corrected chi connectivity index (χ3v) is 6.92. The van der Waals surface area contributed by atoms with Gasteiger partial charge in [0.25, 0.3) is 0 Å². The first-order chi connectivity index (χ1) is 18.9. The van der Waals surface area contributed by atoms with Gasteiger partial charge in [-0.1, -0.05) is 97.8 Å². The van der Waals surface area contributed by atoms with Crippen LogP contribution in [-0.4, -0.2) is 25.2 Å². The molecule has 0 radical (unpaired) electrons. The molecule has 0 aliphatic carbocycles. The van der Waals surface area contributed by atoms with Crippen molar-refractivity contribution in [1.29, 1.82) is 0 Å². The maximum absolute atomic E-state index is 14.5. The van der Waals surface area contributed by atoms with Crippen LogP contribution in [0.1, 0.15) is 125 Å². The number of ether oxygens (including phenoxy) is 3. The summed E-state index contributed by atoms with van der Waals surface area (Å²) in [6.45, 7) is 7.13. The summed E-state index contributed by atoms with van der Waals surface area (Å²) in [6.07, 6.45) is 16.4. The van der Waals surface area contributed by atoms with E-state index in [1.54, 1.807) is 24.3 Å². The van der Waals surface area contributed by atoms with Gasteiger partial charge < -0.3 is 14.2 Å². The van der Waals surface area contributed by atoms with E-state index in [0.717, 1.165) is 25.3 Å². The normalized spacial score (nSPS) is 11.7. The standard InChI is InChI=1S/C33H47FO5/c1-4-6-7-8-9-10-11-12-13-14-15-16-23-37-29-20-17-27(18-21-29)33(36)39-31-22-19-28(24-30(31)34)32(35)38-25-26(3)5-2/h17-22,24,26H,4-16,23,25H2,1-3H3. The van der Waals surface area contributed by atoms with Crippen LogP contribution in [0.15, 0.2) is 42.5 Å². The van der Waals surface area contributed by atoms with Crippen molar-refractivity contribution in [2.75, 3.05) is 13.2 Å². The lowest BCUT2D eigenvalue weighted by atomic mass is 10.1. The molecule has 39 heavy (non-hydrogen) atoms. The van der Waals surface area contributed by atoms with Crippen LogP contribution in [-0.2, 0) is 4.74 Å². The summed E-state index contributed by atoms with van der Waals surface area (Å²) in [5, 5.41) is 0. The van der Waals surface area contributed by atoms with Crippen molar-refractivity contribution in [3.05, 3.63) is 59.4 Å². The summed E-state index contributed by atoms with van der Waals surface area (Å²) < 4.78 is 30.6. The Bertz CT molecular complexity index is 973. The number of rotatable bonds is 20. The highest BCUT2D eigenvalue weighted by molar-refractivity contribution is 5.92. The molecule has 0 saturated heterocycles. The van der Waals surface area contributed by atoms with Crippen LogP contribution >= 0.6 is 0 Å². The molecule has 0 bridgehead atoms. The summed E-state index contributed by atoms with van der Waals surface area (Å²) in [7, 11) is 0. The van der Waals surface area contributed by atoms with Crippen molar-refractivity contribution in [2.45, 2.75) is 104 Å². The van der Waals surface area contributed by atoms with Gasteiger partial charge in [-0.15, -0.1) is 0 Å². The van der Waals surface area contributed by atoms with Crippen LogP contribution in [0.5, 0.6) is 11.5 Å². The van der Waals surface area contributed by atoms with Crippen LogP contribution in [0.3, 0.4) is 0 Å². The Morgan fingerprint density at radius 1 is 0.744 bits per heavy atom. The summed E-state index contributed by atoms with van der Waals surface area (Å²) in [5.41, 5.74) is 0.356. The molecule has 0 aliphatic rings. The van der Waals surface area contributed by atoms with E-state index < -0.39 is 17.8 Å². The predicted octanol–water partition coefficient (Wildman–Crippen LogP) is 9.33. The van der Waals surface area contributed by atoms with Crippen molar-refractivity contribution < 1.29 is 28.2 Å². The number of carbonyl (C=O) groups is 2. The molecule has 6 heteroatoms. The maximum atomic E-state index is 14.5. The lowest BCUT2D eigenvalue weighted by Gasteiger charge is -2.11. The van der Waals surface area contributed by atoms with E-state index in [2.05, 4.69) is 6.92 Å². The molecule has 0 heterocycles. The van der Waals surface area contributed by atoms with E-state index in [1.165, 1.54) is 76.3 Å². The monoisotopic (exact) mass is 542 g/mol. The highest BCUT2D eigenvalue weighted by Gasteiger charge is 2.16. The van der Waals surface area contributed by atoms with Crippen molar-refractivity contribution in [1.82, 2.24) is 0 Å². The number of hydrogen-bond donors (Lipinski definition) is 0. The van der Waals surface area contributed by atoms with Crippen molar-refractivity contribution in [3.8, 4) is 11.5 Å². The number of halogens is 1. The molecule has 5 nitrogen and oxygen atoms in total. The molecule has 1 unspecified atom stereocenters. The fourth-order valence-corrected chi connectivity index (χ4v) is 4.11. The minimum absolute atomic E-state index is 0.0743. The Labute approximate surface area is 234 Å². The molecule has 1 atom stereocenters. The lowest BCUT2D eigenvalue weighted by molar-refractivity contribution is 0.0446. The van der Waals surface area contributed by atoms with Gasteiger partial charge in [-0.25, -0.2) is 14.0 Å². The van der Waals surface area contributed by atoms with Crippen molar-refractivity contribution in [2.24, 2.45) is 5.92 Å². The zero-order valence-electron chi connectivity index (χ0n) is 24.1. The second-order valence-electron chi connectivity index (χ2n) is 10.4. The third kappa shape index (κ3) is 13.1. The smallest absolute Gasteiger partial charge is 0.343 e. The first-order valence-corrected chi connectivity index (χ1v) is 14.9. The maximum Gasteiger partial charge on any atom is 0.343 e. The van der Waals surface area contributed by atoms with E-state index in [9.17, 15) is 14.0 Å². The molecular formula is C33H47FO5. The highest BCUT2D eigenvalue weighted by atomic mass is 19.1.